The third kappa shape index (κ3) is 3.79. The van der Waals surface area contributed by atoms with Crippen LogP contribution in [0, 0.1) is 6.92 Å². The maximum atomic E-state index is 12.9. The minimum absolute atomic E-state index is 0.00813. The zero-order valence-corrected chi connectivity index (χ0v) is 18.0. The molecule has 1 amide bonds. The SMILES string of the molecule is Cc1ccccc1N1C(=O)/C(=C\c2ccc(-c3ccc(Cl)c(C(=O)O)c3)o2)SC1=S. The van der Waals surface area contributed by atoms with Gasteiger partial charge in [0, 0.05) is 11.6 Å². The summed E-state index contributed by atoms with van der Waals surface area (Å²) in [5.41, 5.74) is 2.27. The van der Waals surface area contributed by atoms with Crippen molar-refractivity contribution in [2.45, 2.75) is 6.92 Å². The van der Waals surface area contributed by atoms with E-state index < -0.39 is 5.97 Å². The van der Waals surface area contributed by atoms with Crippen LogP contribution in [0.3, 0.4) is 0 Å². The number of thioether (sulfide) groups is 1. The lowest BCUT2D eigenvalue weighted by Gasteiger charge is -2.16. The molecule has 0 spiro atoms. The molecule has 1 N–H and O–H groups in total. The van der Waals surface area contributed by atoms with Crippen molar-refractivity contribution in [1.29, 1.82) is 0 Å². The Bertz CT molecular complexity index is 1230. The van der Waals surface area contributed by atoms with Gasteiger partial charge in [0.15, 0.2) is 4.32 Å². The highest BCUT2D eigenvalue weighted by atomic mass is 35.5. The van der Waals surface area contributed by atoms with Gasteiger partial charge in [-0.1, -0.05) is 53.8 Å². The number of hydrogen-bond donors (Lipinski definition) is 1. The molecule has 2 aromatic carbocycles. The molecule has 150 valence electrons. The number of anilines is 1. The lowest BCUT2D eigenvalue weighted by Crippen LogP contribution is -2.28. The number of carboxylic acids is 1. The number of benzene rings is 2. The molecule has 1 saturated heterocycles. The second-order valence-electron chi connectivity index (χ2n) is 6.51. The largest absolute Gasteiger partial charge is 0.478 e. The van der Waals surface area contributed by atoms with Gasteiger partial charge in [-0.05, 0) is 48.9 Å². The molecular weight excluding hydrogens is 442 g/mol. The Morgan fingerprint density at radius 3 is 2.70 bits per heavy atom. The number of hydrogen-bond acceptors (Lipinski definition) is 5. The lowest BCUT2D eigenvalue weighted by atomic mass is 10.1. The lowest BCUT2D eigenvalue weighted by molar-refractivity contribution is -0.113. The zero-order chi connectivity index (χ0) is 21.4. The van der Waals surface area contributed by atoms with E-state index in [9.17, 15) is 14.7 Å². The fourth-order valence-corrected chi connectivity index (χ4v) is 4.51. The molecule has 2 heterocycles. The molecule has 0 aliphatic carbocycles. The third-order valence-corrected chi connectivity index (χ3v) is 6.16. The van der Waals surface area contributed by atoms with Crippen LogP contribution >= 0.6 is 35.6 Å². The van der Waals surface area contributed by atoms with Crippen molar-refractivity contribution in [3.8, 4) is 11.3 Å². The topological polar surface area (TPSA) is 70.8 Å². The van der Waals surface area contributed by atoms with Gasteiger partial charge in [-0.3, -0.25) is 9.69 Å². The van der Waals surface area contributed by atoms with Gasteiger partial charge >= 0.3 is 5.97 Å². The van der Waals surface area contributed by atoms with Crippen LogP contribution in [0.4, 0.5) is 5.69 Å². The van der Waals surface area contributed by atoms with Crippen LogP contribution in [-0.4, -0.2) is 21.3 Å². The molecule has 1 aromatic heterocycles. The Morgan fingerprint density at radius 1 is 1.20 bits per heavy atom. The molecule has 0 atom stereocenters. The molecule has 1 aliphatic heterocycles. The Kier molecular flexibility index (Phi) is 5.51. The van der Waals surface area contributed by atoms with E-state index >= 15 is 0 Å². The van der Waals surface area contributed by atoms with Crippen LogP contribution in [0.1, 0.15) is 21.7 Å². The fraction of sp³-hybridized carbons (Fsp3) is 0.0455. The first kappa shape index (κ1) is 20.4. The molecule has 30 heavy (non-hydrogen) atoms. The van der Waals surface area contributed by atoms with Crippen molar-refractivity contribution >= 4 is 63.5 Å². The summed E-state index contributed by atoms with van der Waals surface area (Å²) in [7, 11) is 0. The first-order chi connectivity index (χ1) is 14.3. The number of rotatable bonds is 4. The first-order valence-corrected chi connectivity index (χ1v) is 10.4. The summed E-state index contributed by atoms with van der Waals surface area (Å²) in [4.78, 5) is 26.2. The highest BCUT2D eigenvalue weighted by molar-refractivity contribution is 8.27. The Morgan fingerprint density at radius 2 is 1.97 bits per heavy atom. The quantitative estimate of drug-likeness (QED) is 0.383. The predicted molar refractivity (Wildman–Crippen MR) is 123 cm³/mol. The zero-order valence-electron chi connectivity index (χ0n) is 15.6. The number of carbonyl (C=O) groups is 2. The predicted octanol–water partition coefficient (Wildman–Crippen LogP) is 6.01. The van der Waals surface area contributed by atoms with E-state index in [0.29, 0.717) is 26.3 Å². The number of thiocarbonyl (C=S) groups is 1. The molecule has 0 bridgehead atoms. The number of furan rings is 1. The Hall–Kier alpha value is -2.87. The Labute approximate surface area is 186 Å². The first-order valence-electron chi connectivity index (χ1n) is 8.82. The molecular formula is C22H14ClNO4S2. The van der Waals surface area contributed by atoms with E-state index in [1.54, 1.807) is 24.3 Å². The summed E-state index contributed by atoms with van der Waals surface area (Å²) < 4.78 is 6.27. The van der Waals surface area contributed by atoms with Crippen molar-refractivity contribution in [1.82, 2.24) is 0 Å². The summed E-state index contributed by atoms with van der Waals surface area (Å²) in [5, 5.41) is 9.39. The number of para-hydroxylation sites is 1. The highest BCUT2D eigenvalue weighted by Crippen LogP contribution is 2.37. The van der Waals surface area contributed by atoms with Crippen LogP contribution in [0.2, 0.25) is 5.02 Å². The van der Waals surface area contributed by atoms with Crippen molar-refractivity contribution in [2.75, 3.05) is 4.90 Å². The van der Waals surface area contributed by atoms with Crippen LogP contribution in [0.15, 0.2) is 63.9 Å². The molecule has 0 radical (unpaired) electrons. The molecule has 3 aromatic rings. The van der Waals surface area contributed by atoms with E-state index in [2.05, 4.69) is 0 Å². The molecule has 5 nitrogen and oxygen atoms in total. The van der Waals surface area contributed by atoms with Crippen LogP contribution in [0.5, 0.6) is 0 Å². The molecule has 1 fully saturated rings. The maximum Gasteiger partial charge on any atom is 0.337 e. The van der Waals surface area contributed by atoms with Crippen LogP contribution in [0.25, 0.3) is 17.4 Å². The summed E-state index contributed by atoms with van der Waals surface area (Å²) in [6.45, 7) is 1.92. The van der Waals surface area contributed by atoms with Crippen molar-refractivity contribution in [3.05, 3.63) is 81.4 Å². The number of carboxylic acid groups (broad SMARTS) is 1. The van der Waals surface area contributed by atoms with Crippen molar-refractivity contribution in [2.24, 2.45) is 0 Å². The monoisotopic (exact) mass is 455 g/mol. The second kappa shape index (κ2) is 8.10. The molecule has 1 aliphatic rings. The van der Waals surface area contributed by atoms with E-state index in [1.807, 2.05) is 31.2 Å². The minimum atomic E-state index is -1.12. The third-order valence-electron chi connectivity index (χ3n) is 4.53. The van der Waals surface area contributed by atoms with Crippen molar-refractivity contribution < 1.29 is 19.1 Å². The van der Waals surface area contributed by atoms with Crippen molar-refractivity contribution in [3.63, 3.8) is 0 Å². The fourth-order valence-electron chi connectivity index (χ4n) is 3.05. The average molecular weight is 456 g/mol. The normalized spacial score (nSPS) is 15.3. The van der Waals surface area contributed by atoms with E-state index in [1.165, 1.54) is 28.8 Å². The summed E-state index contributed by atoms with van der Waals surface area (Å²) in [6, 6.07) is 15.6. The molecule has 0 saturated carbocycles. The van der Waals surface area contributed by atoms with Crippen LogP contribution in [-0.2, 0) is 4.79 Å². The van der Waals surface area contributed by atoms with Gasteiger partial charge in [-0.15, -0.1) is 0 Å². The van der Waals surface area contributed by atoms with Gasteiger partial charge in [0.1, 0.15) is 11.5 Å². The van der Waals surface area contributed by atoms with E-state index in [4.69, 9.17) is 28.2 Å². The molecule has 0 unspecified atom stereocenters. The van der Waals surface area contributed by atoms with Gasteiger partial charge in [-0.25, -0.2) is 4.79 Å². The number of nitrogens with zero attached hydrogens (tertiary/aromatic N) is 1. The van der Waals surface area contributed by atoms with Crippen LogP contribution < -0.4 is 4.90 Å². The molecule has 8 heteroatoms. The number of amides is 1. The highest BCUT2D eigenvalue weighted by Gasteiger charge is 2.34. The number of halogens is 1. The molecule has 4 rings (SSSR count). The van der Waals surface area contributed by atoms with E-state index in [-0.39, 0.29) is 16.5 Å². The van der Waals surface area contributed by atoms with Gasteiger partial charge in [-0.2, -0.15) is 0 Å². The smallest absolute Gasteiger partial charge is 0.337 e. The summed E-state index contributed by atoms with van der Waals surface area (Å²) in [5.74, 6) is -0.401. The summed E-state index contributed by atoms with van der Waals surface area (Å²) in [6.07, 6.45) is 1.63. The van der Waals surface area contributed by atoms with Gasteiger partial charge in [0.2, 0.25) is 0 Å². The average Bonchev–Trinajstić information content (AvgIpc) is 3.28. The number of aryl methyl sites for hydroxylation is 1. The number of carbonyl (C=O) groups excluding carboxylic acids is 1. The second-order valence-corrected chi connectivity index (χ2v) is 8.59. The standard InChI is InChI=1S/C22H14ClNO4S2/c1-12-4-2-3-5-17(12)24-20(25)19(30-22(24)29)11-14-7-9-18(28-14)13-6-8-16(23)15(10-13)21(26)27/h2-11H,1H3,(H,26,27)/b19-11+. The summed E-state index contributed by atoms with van der Waals surface area (Å²) >= 11 is 12.5. The van der Waals surface area contributed by atoms with E-state index in [0.717, 1.165) is 11.3 Å². The van der Waals surface area contributed by atoms with Gasteiger partial charge in [0.25, 0.3) is 5.91 Å². The van der Waals surface area contributed by atoms with Gasteiger partial charge < -0.3 is 9.52 Å². The number of aromatic carboxylic acids is 1. The van der Waals surface area contributed by atoms with Gasteiger partial charge in [0.05, 0.1) is 21.2 Å². The maximum absolute atomic E-state index is 12.9. The Balaban J connectivity index is 1.63. The minimum Gasteiger partial charge on any atom is -0.478 e.